The normalized spacial score (nSPS) is 10.8. The van der Waals surface area contributed by atoms with Crippen LogP contribution in [0.15, 0.2) is 57.9 Å². The van der Waals surface area contributed by atoms with Gasteiger partial charge in [0, 0.05) is 5.56 Å². The molecule has 0 saturated heterocycles. The van der Waals surface area contributed by atoms with E-state index < -0.39 is 5.76 Å². The van der Waals surface area contributed by atoms with Crippen molar-refractivity contribution in [3.8, 4) is 11.3 Å². The van der Waals surface area contributed by atoms with Gasteiger partial charge in [0.05, 0.1) is 6.20 Å². The molecule has 0 unspecified atom stereocenters. The van der Waals surface area contributed by atoms with Crippen LogP contribution < -0.4 is 5.76 Å². The van der Waals surface area contributed by atoms with E-state index in [0.29, 0.717) is 5.76 Å². The Morgan fingerprint density at radius 1 is 1.00 bits per heavy atom. The van der Waals surface area contributed by atoms with E-state index >= 15 is 0 Å². The second-order valence-corrected chi connectivity index (χ2v) is 3.57. The number of benzene rings is 2. The summed E-state index contributed by atoms with van der Waals surface area (Å²) >= 11 is 0. The van der Waals surface area contributed by atoms with Gasteiger partial charge in [-0.3, -0.25) is 4.98 Å². The minimum Gasteiger partial charge on any atom is -0.408 e. The van der Waals surface area contributed by atoms with E-state index in [4.69, 9.17) is 4.42 Å². The molecule has 0 saturated carbocycles. The number of rotatable bonds is 1. The van der Waals surface area contributed by atoms with Gasteiger partial charge in [0.2, 0.25) is 0 Å². The molecule has 0 amide bonds. The molecular weight excluding hydrogens is 202 g/mol. The lowest BCUT2D eigenvalue weighted by atomic mass is 10.0. The van der Waals surface area contributed by atoms with Crippen LogP contribution in [0, 0.1) is 0 Å². The third-order valence-corrected chi connectivity index (χ3v) is 2.58. The second kappa shape index (κ2) is 3.38. The molecule has 0 bridgehead atoms. The van der Waals surface area contributed by atoms with Crippen molar-refractivity contribution in [2.75, 3.05) is 0 Å². The van der Waals surface area contributed by atoms with Gasteiger partial charge in [-0.2, -0.15) is 0 Å². The summed E-state index contributed by atoms with van der Waals surface area (Å²) in [6, 6.07) is 13.9. The topological polar surface area (TPSA) is 46.0 Å². The van der Waals surface area contributed by atoms with E-state index in [1.54, 1.807) is 6.20 Å². The van der Waals surface area contributed by atoms with Crippen molar-refractivity contribution in [1.29, 1.82) is 0 Å². The SMILES string of the molecule is O=c1[nH]cc(-c2cccc3ccccc23)o1. The van der Waals surface area contributed by atoms with E-state index in [2.05, 4.69) is 4.98 Å². The standard InChI is InChI=1S/C13H9NO2/c15-13-14-8-12(16-13)11-7-3-5-9-4-1-2-6-10(9)11/h1-8H,(H,14,15). The van der Waals surface area contributed by atoms with Crippen LogP contribution in [0.5, 0.6) is 0 Å². The molecule has 1 heterocycles. The minimum absolute atomic E-state index is 0.428. The maximum atomic E-state index is 11.0. The second-order valence-electron chi connectivity index (χ2n) is 3.57. The first kappa shape index (κ1) is 8.97. The lowest BCUT2D eigenvalue weighted by Gasteiger charge is -2.02. The average molecular weight is 211 g/mol. The Kier molecular flexibility index (Phi) is 1.90. The molecule has 3 heteroatoms. The number of fused-ring (bicyclic) bond motifs is 1. The van der Waals surface area contributed by atoms with Gasteiger partial charge in [-0.15, -0.1) is 0 Å². The molecule has 0 aliphatic rings. The van der Waals surface area contributed by atoms with Crippen molar-refractivity contribution in [2.45, 2.75) is 0 Å². The number of aromatic amines is 1. The van der Waals surface area contributed by atoms with Crippen molar-refractivity contribution < 1.29 is 4.42 Å². The van der Waals surface area contributed by atoms with E-state index in [1.807, 2.05) is 42.5 Å². The van der Waals surface area contributed by atoms with Gasteiger partial charge >= 0.3 is 5.76 Å². The Morgan fingerprint density at radius 2 is 1.81 bits per heavy atom. The molecule has 0 atom stereocenters. The maximum absolute atomic E-state index is 11.0. The Bertz CT molecular complexity index is 689. The zero-order chi connectivity index (χ0) is 11.0. The molecule has 1 N–H and O–H groups in total. The fraction of sp³-hybridized carbons (Fsp3) is 0. The van der Waals surface area contributed by atoms with E-state index in [1.165, 1.54) is 0 Å². The molecule has 78 valence electrons. The van der Waals surface area contributed by atoms with Gasteiger partial charge in [-0.05, 0) is 10.8 Å². The fourth-order valence-electron chi connectivity index (χ4n) is 1.86. The Hall–Kier alpha value is -2.29. The van der Waals surface area contributed by atoms with Gasteiger partial charge in [0.1, 0.15) is 0 Å². The molecule has 3 nitrogen and oxygen atoms in total. The highest BCUT2D eigenvalue weighted by atomic mass is 16.4. The lowest BCUT2D eigenvalue weighted by Crippen LogP contribution is -1.92. The van der Waals surface area contributed by atoms with Gasteiger partial charge < -0.3 is 4.42 Å². The predicted octanol–water partition coefficient (Wildman–Crippen LogP) is 2.79. The molecule has 0 aliphatic carbocycles. The maximum Gasteiger partial charge on any atom is 0.416 e. The van der Waals surface area contributed by atoms with Crippen molar-refractivity contribution in [3.05, 3.63) is 59.2 Å². The highest BCUT2D eigenvalue weighted by molar-refractivity contribution is 5.95. The monoisotopic (exact) mass is 211 g/mol. The van der Waals surface area contributed by atoms with Gasteiger partial charge in [-0.1, -0.05) is 42.5 Å². The van der Waals surface area contributed by atoms with Gasteiger partial charge in [0.15, 0.2) is 5.76 Å². The van der Waals surface area contributed by atoms with Crippen LogP contribution in [0.1, 0.15) is 0 Å². The molecule has 3 aromatic rings. The summed E-state index contributed by atoms with van der Waals surface area (Å²) in [5.41, 5.74) is 0.927. The summed E-state index contributed by atoms with van der Waals surface area (Å²) in [6.45, 7) is 0. The highest BCUT2D eigenvalue weighted by Gasteiger charge is 2.06. The summed E-state index contributed by atoms with van der Waals surface area (Å²) in [5.74, 6) is 0.143. The summed E-state index contributed by atoms with van der Waals surface area (Å²) in [7, 11) is 0. The molecular formula is C13H9NO2. The molecule has 0 spiro atoms. The number of nitrogens with one attached hydrogen (secondary N) is 1. The van der Waals surface area contributed by atoms with Crippen molar-refractivity contribution in [2.24, 2.45) is 0 Å². The number of hydrogen-bond donors (Lipinski definition) is 1. The molecule has 0 fully saturated rings. The summed E-state index contributed by atoms with van der Waals surface area (Å²) in [4.78, 5) is 13.5. The van der Waals surface area contributed by atoms with Gasteiger partial charge in [0.25, 0.3) is 0 Å². The Balaban J connectivity index is 2.35. The Labute approximate surface area is 91.3 Å². The summed E-state index contributed by atoms with van der Waals surface area (Å²) in [5, 5.41) is 2.21. The smallest absolute Gasteiger partial charge is 0.408 e. The zero-order valence-corrected chi connectivity index (χ0v) is 8.44. The number of aromatic nitrogens is 1. The molecule has 2 aromatic carbocycles. The molecule has 16 heavy (non-hydrogen) atoms. The molecule has 0 radical (unpaired) electrons. The van der Waals surface area contributed by atoms with Crippen molar-refractivity contribution in [3.63, 3.8) is 0 Å². The third-order valence-electron chi connectivity index (χ3n) is 2.58. The van der Waals surface area contributed by atoms with Crippen LogP contribution in [0.2, 0.25) is 0 Å². The first-order valence-corrected chi connectivity index (χ1v) is 5.01. The van der Waals surface area contributed by atoms with E-state index in [0.717, 1.165) is 16.3 Å². The number of oxazole rings is 1. The zero-order valence-electron chi connectivity index (χ0n) is 8.44. The number of H-pyrrole nitrogens is 1. The first-order valence-electron chi connectivity index (χ1n) is 5.01. The van der Waals surface area contributed by atoms with Crippen molar-refractivity contribution >= 4 is 10.8 Å². The fourth-order valence-corrected chi connectivity index (χ4v) is 1.86. The largest absolute Gasteiger partial charge is 0.416 e. The summed E-state index contributed by atoms with van der Waals surface area (Å²) < 4.78 is 5.07. The van der Waals surface area contributed by atoms with Crippen LogP contribution in [0.3, 0.4) is 0 Å². The first-order chi connectivity index (χ1) is 7.84. The van der Waals surface area contributed by atoms with Gasteiger partial charge in [-0.25, -0.2) is 4.79 Å². The number of hydrogen-bond acceptors (Lipinski definition) is 2. The molecule has 1 aromatic heterocycles. The van der Waals surface area contributed by atoms with Crippen LogP contribution in [-0.2, 0) is 0 Å². The lowest BCUT2D eigenvalue weighted by molar-refractivity contribution is 0.529. The summed E-state index contributed by atoms with van der Waals surface area (Å²) in [6.07, 6.45) is 1.59. The van der Waals surface area contributed by atoms with Crippen molar-refractivity contribution in [1.82, 2.24) is 4.98 Å². The molecule has 3 rings (SSSR count). The van der Waals surface area contributed by atoms with E-state index in [-0.39, 0.29) is 0 Å². The average Bonchev–Trinajstić information content (AvgIpc) is 2.75. The van der Waals surface area contributed by atoms with Crippen LogP contribution in [-0.4, -0.2) is 4.98 Å². The highest BCUT2D eigenvalue weighted by Crippen LogP contribution is 2.27. The minimum atomic E-state index is -0.428. The third kappa shape index (κ3) is 1.34. The predicted molar refractivity (Wildman–Crippen MR) is 62.3 cm³/mol. The van der Waals surface area contributed by atoms with E-state index in [9.17, 15) is 4.79 Å². The Morgan fingerprint density at radius 3 is 2.62 bits per heavy atom. The van der Waals surface area contributed by atoms with Crippen LogP contribution in [0.25, 0.3) is 22.1 Å². The van der Waals surface area contributed by atoms with Crippen LogP contribution in [0.4, 0.5) is 0 Å². The quantitative estimate of drug-likeness (QED) is 0.672. The van der Waals surface area contributed by atoms with Crippen LogP contribution >= 0.6 is 0 Å². The molecule has 0 aliphatic heterocycles.